The minimum Gasteiger partial charge on any atom is -0.399 e. The number of fused-ring (bicyclic) bond motifs is 1. The first-order chi connectivity index (χ1) is 8.95. The zero-order valence-electron chi connectivity index (χ0n) is 11.3. The number of ether oxygens (including phenoxy) is 1. The van der Waals surface area contributed by atoms with E-state index in [9.17, 15) is 8.42 Å². The molecule has 2 N–H and O–H groups in total. The highest BCUT2D eigenvalue weighted by atomic mass is 32.2. The number of hydrogen-bond acceptors (Lipinski definition) is 4. The topological polar surface area (TPSA) is 72.6 Å². The van der Waals surface area contributed by atoms with Crippen molar-refractivity contribution >= 4 is 21.4 Å². The molecule has 19 heavy (non-hydrogen) atoms. The molecule has 1 aliphatic heterocycles. The molecule has 106 valence electrons. The predicted octanol–water partition coefficient (Wildman–Crippen LogP) is 1.39. The second-order valence-corrected chi connectivity index (χ2v) is 6.72. The van der Waals surface area contributed by atoms with Gasteiger partial charge in [0, 0.05) is 18.3 Å². The van der Waals surface area contributed by atoms with Crippen molar-refractivity contribution in [2.75, 3.05) is 29.0 Å². The Balaban J connectivity index is 2.26. The molecule has 0 saturated carbocycles. The monoisotopic (exact) mass is 284 g/mol. The van der Waals surface area contributed by atoms with E-state index in [1.807, 2.05) is 19.9 Å². The minimum atomic E-state index is -3.34. The number of nitrogen functional groups attached to an aromatic ring is 1. The van der Waals surface area contributed by atoms with Gasteiger partial charge in [-0.1, -0.05) is 0 Å². The number of hydrogen-bond donors (Lipinski definition) is 1. The van der Waals surface area contributed by atoms with Gasteiger partial charge < -0.3 is 10.5 Å². The Morgan fingerprint density at radius 3 is 2.89 bits per heavy atom. The first-order valence-electron chi connectivity index (χ1n) is 6.44. The van der Waals surface area contributed by atoms with Crippen LogP contribution in [0.2, 0.25) is 0 Å². The Morgan fingerprint density at radius 2 is 2.21 bits per heavy atom. The summed E-state index contributed by atoms with van der Waals surface area (Å²) in [5, 5.41) is 0. The van der Waals surface area contributed by atoms with Crippen molar-refractivity contribution < 1.29 is 13.2 Å². The number of benzene rings is 1. The van der Waals surface area contributed by atoms with Gasteiger partial charge in [-0.3, -0.25) is 4.31 Å². The van der Waals surface area contributed by atoms with E-state index >= 15 is 0 Å². The molecule has 0 bridgehead atoms. The lowest BCUT2D eigenvalue weighted by Crippen LogP contribution is -2.38. The largest absolute Gasteiger partial charge is 0.399 e. The summed E-state index contributed by atoms with van der Waals surface area (Å²) < 4.78 is 31.4. The summed E-state index contributed by atoms with van der Waals surface area (Å²) in [6.45, 7) is 4.52. The van der Waals surface area contributed by atoms with Crippen molar-refractivity contribution in [3.63, 3.8) is 0 Å². The summed E-state index contributed by atoms with van der Waals surface area (Å²) in [5.41, 5.74) is 8.15. The number of sulfonamides is 1. The fraction of sp³-hybridized carbons (Fsp3) is 0.538. The zero-order valence-corrected chi connectivity index (χ0v) is 12.1. The lowest BCUT2D eigenvalue weighted by atomic mass is 10.1. The number of nitrogens with zero attached hydrogens (tertiary/aromatic N) is 1. The van der Waals surface area contributed by atoms with Crippen LogP contribution in [0.5, 0.6) is 0 Å². The van der Waals surface area contributed by atoms with Crippen LogP contribution in [0.25, 0.3) is 0 Å². The fourth-order valence-electron chi connectivity index (χ4n) is 2.45. The molecule has 1 unspecified atom stereocenters. The summed E-state index contributed by atoms with van der Waals surface area (Å²) >= 11 is 0. The van der Waals surface area contributed by atoms with Crippen molar-refractivity contribution in [1.82, 2.24) is 0 Å². The van der Waals surface area contributed by atoms with Crippen molar-refractivity contribution in [1.29, 1.82) is 0 Å². The summed E-state index contributed by atoms with van der Waals surface area (Å²) in [7, 11) is -3.34. The van der Waals surface area contributed by atoms with Crippen LogP contribution in [0.3, 0.4) is 0 Å². The smallest absolute Gasteiger partial charge is 0.237 e. The maximum atomic E-state index is 12.4. The third kappa shape index (κ3) is 2.84. The molecule has 0 saturated heterocycles. The highest BCUT2D eigenvalue weighted by Gasteiger charge is 2.34. The van der Waals surface area contributed by atoms with Crippen LogP contribution >= 0.6 is 0 Å². The Hall–Kier alpha value is -1.27. The molecule has 1 heterocycles. The molecule has 0 spiro atoms. The summed E-state index contributed by atoms with van der Waals surface area (Å²) in [6, 6.07) is 5.31. The Morgan fingerprint density at radius 1 is 1.47 bits per heavy atom. The molecule has 1 aromatic carbocycles. The van der Waals surface area contributed by atoms with Crippen LogP contribution in [0.4, 0.5) is 11.4 Å². The Bertz CT molecular complexity index is 557. The standard InChI is InChI=1S/C13H20N2O3S/c1-3-18-6-7-19(16,17)15-10(2)8-11-9-12(14)4-5-13(11)15/h4-5,9-10H,3,6-8,14H2,1-2H3. The van der Waals surface area contributed by atoms with Crippen LogP contribution < -0.4 is 10.0 Å². The molecule has 5 nitrogen and oxygen atoms in total. The average Bonchev–Trinajstić information content (AvgIpc) is 2.64. The zero-order chi connectivity index (χ0) is 14.0. The molecule has 1 atom stereocenters. The quantitative estimate of drug-likeness (QED) is 0.655. The number of anilines is 2. The summed E-state index contributed by atoms with van der Waals surface area (Å²) in [5.74, 6) is 0.00893. The molecule has 0 aromatic heterocycles. The Kier molecular flexibility index (Phi) is 4.01. The summed E-state index contributed by atoms with van der Waals surface area (Å²) in [4.78, 5) is 0. The van der Waals surface area contributed by atoms with E-state index in [4.69, 9.17) is 10.5 Å². The van der Waals surface area contributed by atoms with Gasteiger partial charge in [0.15, 0.2) is 0 Å². The first-order valence-corrected chi connectivity index (χ1v) is 8.05. The normalized spacial score (nSPS) is 18.6. The van der Waals surface area contributed by atoms with E-state index in [0.717, 1.165) is 11.3 Å². The van der Waals surface area contributed by atoms with E-state index in [1.165, 1.54) is 4.31 Å². The van der Waals surface area contributed by atoms with Gasteiger partial charge in [-0.15, -0.1) is 0 Å². The molecule has 1 aliphatic rings. The van der Waals surface area contributed by atoms with Crippen molar-refractivity contribution in [2.45, 2.75) is 26.3 Å². The fourth-order valence-corrected chi connectivity index (χ4v) is 4.08. The molecular weight excluding hydrogens is 264 g/mol. The third-order valence-corrected chi connectivity index (χ3v) is 5.08. The van der Waals surface area contributed by atoms with Crippen LogP contribution in [-0.4, -0.2) is 33.4 Å². The van der Waals surface area contributed by atoms with Gasteiger partial charge in [0.05, 0.1) is 18.0 Å². The van der Waals surface area contributed by atoms with Crippen molar-refractivity contribution in [3.05, 3.63) is 23.8 Å². The molecule has 1 aromatic rings. The third-order valence-electron chi connectivity index (χ3n) is 3.25. The van der Waals surface area contributed by atoms with Crippen LogP contribution in [-0.2, 0) is 21.2 Å². The van der Waals surface area contributed by atoms with Gasteiger partial charge in [-0.25, -0.2) is 8.42 Å². The molecule has 6 heteroatoms. The Labute approximate surface area is 114 Å². The van der Waals surface area contributed by atoms with Gasteiger partial charge in [-0.2, -0.15) is 0 Å². The second-order valence-electron chi connectivity index (χ2n) is 4.75. The van der Waals surface area contributed by atoms with Gasteiger partial charge in [0.1, 0.15) is 0 Å². The van der Waals surface area contributed by atoms with Gasteiger partial charge in [0.25, 0.3) is 0 Å². The van der Waals surface area contributed by atoms with E-state index in [1.54, 1.807) is 12.1 Å². The molecule has 0 fully saturated rings. The van der Waals surface area contributed by atoms with Gasteiger partial charge in [-0.05, 0) is 44.0 Å². The van der Waals surface area contributed by atoms with Gasteiger partial charge in [0.2, 0.25) is 10.0 Å². The lowest BCUT2D eigenvalue weighted by molar-refractivity contribution is 0.163. The van der Waals surface area contributed by atoms with E-state index in [-0.39, 0.29) is 18.4 Å². The molecule has 0 radical (unpaired) electrons. The predicted molar refractivity (Wildman–Crippen MR) is 76.8 cm³/mol. The summed E-state index contributed by atoms with van der Waals surface area (Å²) in [6.07, 6.45) is 0.703. The molecular formula is C13H20N2O3S. The second kappa shape index (κ2) is 5.38. The number of nitrogens with two attached hydrogens (primary N) is 1. The highest BCUT2D eigenvalue weighted by Crippen LogP contribution is 2.35. The highest BCUT2D eigenvalue weighted by molar-refractivity contribution is 7.92. The van der Waals surface area contributed by atoms with Crippen molar-refractivity contribution in [3.8, 4) is 0 Å². The minimum absolute atomic E-state index is 0.00893. The van der Waals surface area contributed by atoms with E-state index in [2.05, 4.69) is 0 Å². The molecule has 2 rings (SSSR count). The number of rotatable bonds is 5. The average molecular weight is 284 g/mol. The first kappa shape index (κ1) is 14.1. The lowest BCUT2D eigenvalue weighted by Gasteiger charge is -2.24. The molecule has 0 aliphatic carbocycles. The van der Waals surface area contributed by atoms with Crippen molar-refractivity contribution in [2.24, 2.45) is 0 Å². The van der Waals surface area contributed by atoms with Crippen LogP contribution in [0.1, 0.15) is 19.4 Å². The van der Waals surface area contributed by atoms with E-state index < -0.39 is 10.0 Å². The van der Waals surface area contributed by atoms with Gasteiger partial charge >= 0.3 is 0 Å². The maximum Gasteiger partial charge on any atom is 0.237 e. The van der Waals surface area contributed by atoms with E-state index in [0.29, 0.717) is 18.7 Å². The SMILES string of the molecule is CCOCCS(=O)(=O)N1c2ccc(N)cc2CC1C. The van der Waals surface area contributed by atoms with Crippen LogP contribution in [0, 0.1) is 0 Å². The maximum absolute atomic E-state index is 12.4. The molecule has 0 amide bonds. The van der Waals surface area contributed by atoms with Crippen LogP contribution in [0.15, 0.2) is 18.2 Å².